The van der Waals surface area contributed by atoms with Gasteiger partial charge in [-0.3, -0.25) is 0 Å². The van der Waals surface area contributed by atoms with Gasteiger partial charge in [0.1, 0.15) is 5.75 Å². The van der Waals surface area contributed by atoms with Crippen LogP contribution >= 0.6 is 0 Å². The second-order valence-electron chi connectivity index (χ2n) is 4.07. The lowest BCUT2D eigenvalue weighted by molar-refractivity contribution is -0.145. The first-order chi connectivity index (χ1) is 8.93. The minimum atomic E-state index is -1.07. The number of carbonyl (C=O) groups is 2. The van der Waals surface area contributed by atoms with Gasteiger partial charge in [0.15, 0.2) is 6.10 Å². The Labute approximate surface area is 111 Å². The fraction of sp³-hybridized carbons (Fsp3) is 0.286. The zero-order valence-corrected chi connectivity index (χ0v) is 10.8. The Kier molecular flexibility index (Phi) is 5.11. The fourth-order valence-corrected chi connectivity index (χ4v) is 1.53. The molecule has 0 radical (unpaired) electrons. The van der Waals surface area contributed by atoms with Gasteiger partial charge in [0.05, 0.1) is 0 Å². The molecule has 1 rings (SSSR count). The molecule has 1 aromatic rings. The first-order valence-electron chi connectivity index (χ1n) is 5.85. The van der Waals surface area contributed by atoms with Gasteiger partial charge < -0.3 is 14.9 Å². The summed E-state index contributed by atoms with van der Waals surface area (Å²) in [5.74, 6) is -1.76. The minimum absolute atomic E-state index is 0.325. The molecule has 0 bridgehead atoms. The normalized spacial score (nSPS) is 12.3. The maximum absolute atomic E-state index is 10.9. The van der Waals surface area contributed by atoms with Crippen molar-refractivity contribution >= 4 is 18.0 Å². The van der Waals surface area contributed by atoms with Crippen molar-refractivity contribution in [3.05, 3.63) is 35.4 Å². The summed E-state index contributed by atoms with van der Waals surface area (Å²) in [6, 6.07) is 5.16. The van der Waals surface area contributed by atoms with Crippen molar-refractivity contribution in [1.82, 2.24) is 0 Å². The van der Waals surface area contributed by atoms with Crippen LogP contribution in [0.1, 0.15) is 24.5 Å². The third-order valence-corrected chi connectivity index (χ3v) is 2.49. The van der Waals surface area contributed by atoms with Gasteiger partial charge in [0.2, 0.25) is 0 Å². The summed E-state index contributed by atoms with van der Waals surface area (Å²) in [7, 11) is 0. The average molecular weight is 264 g/mol. The van der Waals surface area contributed by atoms with Crippen LogP contribution in [0.25, 0.3) is 6.08 Å². The highest BCUT2D eigenvalue weighted by atomic mass is 16.5. The number of hydrogen-bond donors (Lipinski definition) is 2. The molecule has 0 saturated carbocycles. The smallest absolute Gasteiger partial charge is 0.344 e. The molecule has 5 heteroatoms. The Balaban J connectivity index is 3.05. The second-order valence-corrected chi connectivity index (χ2v) is 4.07. The third kappa shape index (κ3) is 4.46. The summed E-state index contributed by atoms with van der Waals surface area (Å²) in [6.07, 6.45) is 1.76. The van der Waals surface area contributed by atoms with Gasteiger partial charge in [0, 0.05) is 11.6 Å². The number of benzene rings is 1. The molecule has 0 heterocycles. The molecular weight excluding hydrogens is 248 g/mol. The Hall–Kier alpha value is -2.30. The van der Waals surface area contributed by atoms with E-state index in [0.717, 1.165) is 11.6 Å². The molecule has 0 amide bonds. The second kappa shape index (κ2) is 6.58. The van der Waals surface area contributed by atoms with E-state index in [9.17, 15) is 9.59 Å². The average Bonchev–Trinajstić information content (AvgIpc) is 2.34. The lowest BCUT2D eigenvalue weighted by Crippen LogP contribution is -2.26. The summed E-state index contributed by atoms with van der Waals surface area (Å²) in [5, 5.41) is 17.6. The van der Waals surface area contributed by atoms with Gasteiger partial charge in [-0.25, -0.2) is 9.59 Å². The fourth-order valence-electron chi connectivity index (χ4n) is 1.53. The van der Waals surface area contributed by atoms with E-state index in [1.807, 2.05) is 6.92 Å². The number of rotatable bonds is 6. The van der Waals surface area contributed by atoms with Crippen molar-refractivity contribution in [3.8, 4) is 5.75 Å². The highest BCUT2D eigenvalue weighted by Gasteiger charge is 2.17. The molecular formula is C14H16O5. The van der Waals surface area contributed by atoms with E-state index < -0.39 is 18.0 Å². The number of aryl methyl sites for hydroxylation is 1. The van der Waals surface area contributed by atoms with Gasteiger partial charge in [-0.1, -0.05) is 18.6 Å². The van der Waals surface area contributed by atoms with E-state index in [0.29, 0.717) is 17.7 Å². The van der Waals surface area contributed by atoms with Crippen molar-refractivity contribution in [2.45, 2.75) is 26.4 Å². The molecule has 0 spiro atoms. The van der Waals surface area contributed by atoms with Crippen LogP contribution in [0.2, 0.25) is 0 Å². The maximum atomic E-state index is 10.9. The molecule has 1 unspecified atom stereocenters. The highest BCUT2D eigenvalue weighted by Crippen LogP contribution is 2.23. The number of aliphatic carboxylic acids is 2. The van der Waals surface area contributed by atoms with Crippen molar-refractivity contribution in [2.24, 2.45) is 0 Å². The largest absolute Gasteiger partial charge is 0.479 e. The van der Waals surface area contributed by atoms with E-state index in [1.54, 1.807) is 25.1 Å². The summed E-state index contributed by atoms with van der Waals surface area (Å²) < 4.78 is 5.40. The summed E-state index contributed by atoms with van der Waals surface area (Å²) >= 11 is 0. The maximum Gasteiger partial charge on any atom is 0.344 e. The van der Waals surface area contributed by atoms with Crippen LogP contribution in [0.3, 0.4) is 0 Å². The minimum Gasteiger partial charge on any atom is -0.479 e. The molecule has 0 aromatic heterocycles. The lowest BCUT2D eigenvalue weighted by atomic mass is 10.1. The van der Waals surface area contributed by atoms with E-state index in [4.69, 9.17) is 14.9 Å². The number of carboxylic acids is 2. The van der Waals surface area contributed by atoms with E-state index in [2.05, 4.69) is 0 Å². The van der Waals surface area contributed by atoms with Crippen LogP contribution in [0.5, 0.6) is 5.75 Å². The van der Waals surface area contributed by atoms with Crippen LogP contribution in [-0.2, 0) is 9.59 Å². The predicted octanol–water partition coefficient (Wildman–Crippen LogP) is 2.33. The molecule has 0 aliphatic carbocycles. The van der Waals surface area contributed by atoms with Crippen LogP contribution < -0.4 is 4.74 Å². The van der Waals surface area contributed by atoms with Crippen LogP contribution in [0.4, 0.5) is 0 Å². The zero-order valence-electron chi connectivity index (χ0n) is 10.8. The molecule has 102 valence electrons. The summed E-state index contributed by atoms with van der Waals surface area (Å²) in [4.78, 5) is 21.5. The first-order valence-corrected chi connectivity index (χ1v) is 5.85. The Morgan fingerprint density at radius 1 is 1.37 bits per heavy atom. The number of hydrogen-bond acceptors (Lipinski definition) is 3. The molecule has 19 heavy (non-hydrogen) atoms. The number of ether oxygens (including phenoxy) is 1. The highest BCUT2D eigenvalue weighted by molar-refractivity contribution is 5.86. The molecule has 5 nitrogen and oxygen atoms in total. The molecule has 1 aromatic carbocycles. The Bertz CT molecular complexity index is 505. The monoisotopic (exact) mass is 264 g/mol. The Morgan fingerprint density at radius 2 is 2.05 bits per heavy atom. The summed E-state index contributed by atoms with van der Waals surface area (Å²) in [5.41, 5.74) is 1.47. The van der Waals surface area contributed by atoms with Crippen molar-refractivity contribution in [3.63, 3.8) is 0 Å². The molecule has 1 atom stereocenters. The molecule has 0 saturated heterocycles. The molecule has 0 fully saturated rings. The quantitative estimate of drug-likeness (QED) is 0.770. The number of carboxylic acid groups (broad SMARTS) is 2. The van der Waals surface area contributed by atoms with E-state index in [1.165, 1.54) is 6.08 Å². The van der Waals surface area contributed by atoms with Crippen LogP contribution in [-0.4, -0.2) is 28.3 Å². The SMILES string of the molecule is CCC(Oc1ccc(C)cc1C=CC(=O)O)C(=O)O. The molecule has 0 aliphatic heterocycles. The molecule has 0 aliphatic rings. The van der Waals surface area contributed by atoms with Crippen molar-refractivity contribution < 1.29 is 24.5 Å². The Morgan fingerprint density at radius 3 is 2.58 bits per heavy atom. The standard InChI is InChI=1S/C14H16O5/c1-3-11(14(17)18)19-12-6-4-9(2)8-10(12)5-7-13(15)16/h4-8,11H,3H2,1-2H3,(H,15,16)(H,17,18). The van der Waals surface area contributed by atoms with Gasteiger partial charge in [-0.05, 0) is 31.6 Å². The van der Waals surface area contributed by atoms with Gasteiger partial charge >= 0.3 is 11.9 Å². The first kappa shape index (κ1) is 14.8. The van der Waals surface area contributed by atoms with E-state index >= 15 is 0 Å². The third-order valence-electron chi connectivity index (χ3n) is 2.49. The topological polar surface area (TPSA) is 83.8 Å². The lowest BCUT2D eigenvalue weighted by Gasteiger charge is -2.15. The zero-order chi connectivity index (χ0) is 14.4. The predicted molar refractivity (Wildman–Crippen MR) is 70.2 cm³/mol. The van der Waals surface area contributed by atoms with Crippen LogP contribution in [0, 0.1) is 6.92 Å². The molecule has 2 N–H and O–H groups in total. The van der Waals surface area contributed by atoms with E-state index in [-0.39, 0.29) is 0 Å². The van der Waals surface area contributed by atoms with Gasteiger partial charge in [-0.15, -0.1) is 0 Å². The van der Waals surface area contributed by atoms with Crippen LogP contribution in [0.15, 0.2) is 24.3 Å². The van der Waals surface area contributed by atoms with Gasteiger partial charge in [-0.2, -0.15) is 0 Å². The van der Waals surface area contributed by atoms with Gasteiger partial charge in [0.25, 0.3) is 0 Å². The van der Waals surface area contributed by atoms with Crippen molar-refractivity contribution in [1.29, 1.82) is 0 Å². The van der Waals surface area contributed by atoms with Crippen molar-refractivity contribution in [2.75, 3.05) is 0 Å². The summed E-state index contributed by atoms with van der Waals surface area (Å²) in [6.45, 7) is 3.57.